The molecule has 0 amide bonds. The largest absolute Gasteiger partial charge is 0.460 e. The average molecular weight is 284 g/mol. The van der Waals surface area contributed by atoms with E-state index in [2.05, 4.69) is 13.2 Å². The minimum atomic E-state index is -0.488. The first-order chi connectivity index (χ1) is 9.28. The number of hydrogen-bond acceptors (Lipinski definition) is 5. The quantitative estimate of drug-likeness (QED) is 0.369. The van der Waals surface area contributed by atoms with E-state index in [1.54, 1.807) is 0 Å². The van der Waals surface area contributed by atoms with Gasteiger partial charge < -0.3 is 14.2 Å². The fourth-order valence-corrected chi connectivity index (χ4v) is 1.50. The third-order valence-corrected chi connectivity index (χ3v) is 2.23. The van der Waals surface area contributed by atoms with Crippen LogP contribution in [0.4, 0.5) is 0 Å². The van der Waals surface area contributed by atoms with Crippen LogP contribution in [0.2, 0.25) is 0 Å². The van der Waals surface area contributed by atoms with E-state index in [1.165, 1.54) is 0 Å². The molecular formula is C15H24O5. The molecule has 0 aromatic carbocycles. The van der Waals surface area contributed by atoms with Gasteiger partial charge in [-0.15, -0.1) is 0 Å². The summed E-state index contributed by atoms with van der Waals surface area (Å²) in [5, 5.41) is 0. The SMILES string of the molecule is C=CC(=O)OCCOCC(CC(C)(C)C)OC(=O)C=C. The molecule has 0 fully saturated rings. The first kappa shape index (κ1) is 18.4. The van der Waals surface area contributed by atoms with E-state index in [4.69, 9.17) is 14.2 Å². The molecule has 20 heavy (non-hydrogen) atoms. The van der Waals surface area contributed by atoms with E-state index in [1.807, 2.05) is 20.8 Å². The Kier molecular flexibility index (Phi) is 8.56. The van der Waals surface area contributed by atoms with Gasteiger partial charge in [-0.3, -0.25) is 0 Å². The first-order valence-corrected chi connectivity index (χ1v) is 6.48. The molecule has 114 valence electrons. The summed E-state index contributed by atoms with van der Waals surface area (Å²) in [4.78, 5) is 22.1. The lowest BCUT2D eigenvalue weighted by Gasteiger charge is -2.25. The van der Waals surface area contributed by atoms with Crippen molar-refractivity contribution in [2.75, 3.05) is 19.8 Å². The number of esters is 2. The van der Waals surface area contributed by atoms with Gasteiger partial charge in [-0.05, 0) is 11.8 Å². The molecule has 0 aliphatic carbocycles. The first-order valence-electron chi connectivity index (χ1n) is 6.48. The number of carbonyl (C=O) groups excluding carboxylic acids is 2. The third kappa shape index (κ3) is 10.3. The molecule has 0 saturated heterocycles. The lowest BCUT2D eigenvalue weighted by atomic mass is 9.89. The summed E-state index contributed by atoms with van der Waals surface area (Å²) in [6.45, 7) is 13.4. The van der Waals surface area contributed by atoms with Crippen molar-refractivity contribution < 1.29 is 23.8 Å². The fraction of sp³-hybridized carbons (Fsp3) is 0.600. The van der Waals surface area contributed by atoms with Gasteiger partial charge >= 0.3 is 11.9 Å². The second-order valence-electron chi connectivity index (χ2n) is 5.47. The lowest BCUT2D eigenvalue weighted by Crippen LogP contribution is -2.28. The molecule has 5 nitrogen and oxygen atoms in total. The van der Waals surface area contributed by atoms with Crippen LogP contribution >= 0.6 is 0 Å². The minimum Gasteiger partial charge on any atom is -0.460 e. The van der Waals surface area contributed by atoms with Gasteiger partial charge in [0.2, 0.25) is 0 Å². The maximum Gasteiger partial charge on any atom is 0.330 e. The van der Waals surface area contributed by atoms with Crippen LogP contribution in [-0.4, -0.2) is 37.9 Å². The molecule has 0 spiro atoms. The predicted octanol–water partition coefficient (Wildman–Crippen LogP) is 2.27. The van der Waals surface area contributed by atoms with Crippen molar-refractivity contribution in [3.8, 4) is 0 Å². The number of rotatable bonds is 9. The van der Waals surface area contributed by atoms with Crippen molar-refractivity contribution >= 4 is 11.9 Å². The molecule has 0 N–H and O–H groups in total. The number of carbonyl (C=O) groups is 2. The summed E-state index contributed by atoms with van der Waals surface area (Å²) in [6.07, 6.45) is 2.53. The van der Waals surface area contributed by atoms with E-state index in [0.29, 0.717) is 6.42 Å². The monoisotopic (exact) mass is 284 g/mol. The van der Waals surface area contributed by atoms with E-state index >= 15 is 0 Å². The van der Waals surface area contributed by atoms with Crippen LogP contribution in [0.25, 0.3) is 0 Å². The molecular weight excluding hydrogens is 260 g/mol. The van der Waals surface area contributed by atoms with Gasteiger partial charge in [0.25, 0.3) is 0 Å². The Morgan fingerprint density at radius 3 is 2.20 bits per heavy atom. The molecule has 0 aromatic heterocycles. The third-order valence-electron chi connectivity index (χ3n) is 2.23. The smallest absolute Gasteiger partial charge is 0.330 e. The van der Waals surface area contributed by atoms with Crippen molar-refractivity contribution in [3.63, 3.8) is 0 Å². The fourth-order valence-electron chi connectivity index (χ4n) is 1.50. The highest BCUT2D eigenvalue weighted by Crippen LogP contribution is 2.22. The summed E-state index contributed by atoms with van der Waals surface area (Å²) in [5.74, 6) is -0.959. The number of ether oxygens (including phenoxy) is 3. The highest BCUT2D eigenvalue weighted by molar-refractivity contribution is 5.81. The van der Waals surface area contributed by atoms with Gasteiger partial charge in [0.05, 0.1) is 13.2 Å². The molecule has 0 rings (SSSR count). The van der Waals surface area contributed by atoms with Gasteiger partial charge in [0, 0.05) is 12.2 Å². The van der Waals surface area contributed by atoms with Gasteiger partial charge in [-0.2, -0.15) is 0 Å². The molecule has 0 bridgehead atoms. The second-order valence-corrected chi connectivity index (χ2v) is 5.47. The van der Waals surface area contributed by atoms with Crippen molar-refractivity contribution in [1.82, 2.24) is 0 Å². The minimum absolute atomic E-state index is 0.00474. The van der Waals surface area contributed by atoms with Gasteiger partial charge in [0.15, 0.2) is 0 Å². The molecule has 1 atom stereocenters. The Labute approximate surface area is 120 Å². The summed E-state index contributed by atoms with van der Waals surface area (Å²) >= 11 is 0. The maximum absolute atomic E-state index is 11.2. The zero-order chi connectivity index (χ0) is 15.6. The molecule has 0 saturated carbocycles. The zero-order valence-corrected chi connectivity index (χ0v) is 12.5. The van der Waals surface area contributed by atoms with E-state index in [-0.39, 0.29) is 31.3 Å². The van der Waals surface area contributed by atoms with Crippen LogP contribution < -0.4 is 0 Å². The van der Waals surface area contributed by atoms with Crippen LogP contribution in [0.5, 0.6) is 0 Å². The molecule has 5 heteroatoms. The Bertz CT molecular complexity index is 341. The van der Waals surface area contributed by atoms with E-state index in [0.717, 1.165) is 12.2 Å². The Balaban J connectivity index is 4.09. The Hall–Kier alpha value is -1.62. The topological polar surface area (TPSA) is 61.8 Å². The summed E-state index contributed by atoms with van der Waals surface area (Å²) in [7, 11) is 0. The normalized spacial score (nSPS) is 12.3. The molecule has 0 radical (unpaired) electrons. The highest BCUT2D eigenvalue weighted by Gasteiger charge is 2.21. The van der Waals surface area contributed by atoms with Crippen LogP contribution in [0.3, 0.4) is 0 Å². The maximum atomic E-state index is 11.2. The van der Waals surface area contributed by atoms with Crippen molar-refractivity contribution in [2.45, 2.75) is 33.3 Å². The van der Waals surface area contributed by atoms with E-state index in [9.17, 15) is 9.59 Å². The van der Waals surface area contributed by atoms with Crippen LogP contribution in [0.1, 0.15) is 27.2 Å². The highest BCUT2D eigenvalue weighted by atomic mass is 16.6. The standard InChI is InChI=1S/C15H24O5/c1-6-13(16)19-9-8-18-11-12(10-15(3,4)5)20-14(17)7-2/h6-7,12H,1-2,8-11H2,3-5H3. The molecule has 0 heterocycles. The average Bonchev–Trinajstić information content (AvgIpc) is 2.35. The summed E-state index contributed by atoms with van der Waals surface area (Å²) < 4.78 is 15.3. The van der Waals surface area contributed by atoms with Crippen molar-refractivity contribution in [1.29, 1.82) is 0 Å². The van der Waals surface area contributed by atoms with Crippen LogP contribution in [0.15, 0.2) is 25.3 Å². The van der Waals surface area contributed by atoms with Crippen LogP contribution in [0, 0.1) is 5.41 Å². The van der Waals surface area contributed by atoms with Crippen molar-refractivity contribution in [2.24, 2.45) is 5.41 Å². The van der Waals surface area contributed by atoms with Gasteiger partial charge in [0.1, 0.15) is 12.7 Å². The van der Waals surface area contributed by atoms with Gasteiger partial charge in [-0.1, -0.05) is 33.9 Å². The van der Waals surface area contributed by atoms with Gasteiger partial charge in [-0.25, -0.2) is 9.59 Å². The van der Waals surface area contributed by atoms with Crippen LogP contribution in [-0.2, 0) is 23.8 Å². The Morgan fingerprint density at radius 1 is 1.10 bits per heavy atom. The van der Waals surface area contributed by atoms with Crippen molar-refractivity contribution in [3.05, 3.63) is 25.3 Å². The molecule has 0 aliphatic heterocycles. The number of hydrogen-bond donors (Lipinski definition) is 0. The molecule has 0 aliphatic rings. The Morgan fingerprint density at radius 2 is 1.70 bits per heavy atom. The second kappa shape index (κ2) is 9.31. The summed E-state index contributed by atoms with van der Waals surface area (Å²) in [5.41, 5.74) is 0.00474. The van der Waals surface area contributed by atoms with E-state index < -0.39 is 11.9 Å². The zero-order valence-electron chi connectivity index (χ0n) is 12.5. The predicted molar refractivity (Wildman–Crippen MR) is 76.1 cm³/mol. The summed E-state index contributed by atoms with van der Waals surface area (Å²) in [6, 6.07) is 0. The molecule has 1 unspecified atom stereocenters. The molecule has 0 aromatic rings. The lowest BCUT2D eigenvalue weighted by molar-refractivity contribution is -0.148.